The van der Waals surface area contributed by atoms with Gasteiger partial charge in [0.05, 0.1) is 16.6 Å². The Hall–Kier alpha value is -10.2. The summed E-state index contributed by atoms with van der Waals surface area (Å²) >= 11 is 0. The summed E-state index contributed by atoms with van der Waals surface area (Å²) in [6, 6.07) is 46.5. The standard InChI is InChI=1S/C88H85F8N3O6/c1-11-15-25-57(13-3)47-98-73-37-35-59(43-67(73)69-45-71(61-27-17-19-29-63(61)80(69)98)83(101)77-53(7)39-51(5)40-54(77)8)79(97-103)65-31-21-23-33-75(65)104-49-85(89,90)87(93,94)88(95,96)86(91,92)50-105-76-34-24-22-32-66(76)82(100)60-36-38-74-68(44-60)70-46-72(84(102)78-55(9)41-52(6)42-56(78)10)62-28-18-20-30-64(62)81(70)99(74)48-58(14-4)26-16-12-2/h17-24,27-46,57-58,103H,11-16,25-26,47-50H2,1-10H3. The van der Waals surface area contributed by atoms with Crippen molar-refractivity contribution in [1.82, 2.24) is 9.13 Å². The minimum Gasteiger partial charge on any atom is -0.486 e. The number of halogens is 8. The van der Waals surface area contributed by atoms with Gasteiger partial charge in [-0.15, -0.1) is 0 Å². The molecule has 0 bridgehead atoms. The van der Waals surface area contributed by atoms with Crippen molar-refractivity contribution >= 4 is 88.2 Å². The number of hydrogen-bond acceptors (Lipinski definition) is 7. The SMILES string of the molecule is CCCCC(CC)Cn1c2ccc(C(=O)c3ccccc3OCC(F)(F)C(F)(F)C(F)(F)C(F)(F)COc3ccccc3C(=NO)c3ccc4c(c3)c3cc(C(=O)c5c(C)cc(C)cc5C)c5ccccc5c3n4CC(CC)CCCC)cc2c2cc(C(=O)c3c(C)cc(C)cc3C)c3ccccc3c21. The van der Waals surface area contributed by atoms with E-state index in [1.54, 1.807) is 30.3 Å². The Morgan fingerprint density at radius 1 is 0.419 bits per heavy atom. The molecule has 2 heterocycles. The number of fused-ring (bicyclic) bond motifs is 10. The number of alkyl halides is 8. The average molecular weight is 1430 g/mol. The maximum atomic E-state index is 16.2. The molecule has 0 amide bonds. The van der Waals surface area contributed by atoms with Crippen molar-refractivity contribution < 1.29 is 64.2 Å². The van der Waals surface area contributed by atoms with Gasteiger partial charge < -0.3 is 23.8 Å². The van der Waals surface area contributed by atoms with E-state index in [9.17, 15) is 19.6 Å². The maximum Gasteiger partial charge on any atom is 0.381 e. The topological polar surface area (TPSA) is 112 Å². The Labute approximate surface area is 605 Å². The number of ketones is 3. The third kappa shape index (κ3) is 13.6. The number of para-hydroxylation sites is 2. The van der Waals surface area contributed by atoms with E-state index in [4.69, 9.17) is 9.47 Å². The minimum absolute atomic E-state index is 0.00644. The summed E-state index contributed by atoms with van der Waals surface area (Å²) in [5.41, 5.74) is 9.46. The Morgan fingerprint density at radius 2 is 0.790 bits per heavy atom. The molecule has 2 atom stereocenters. The molecule has 9 nitrogen and oxygen atoms in total. The van der Waals surface area contributed by atoms with E-state index in [0.29, 0.717) is 56.9 Å². The van der Waals surface area contributed by atoms with Crippen LogP contribution in [0.4, 0.5) is 35.1 Å². The first-order valence-electron chi connectivity index (χ1n) is 36.0. The number of carbonyl (C=O) groups is 3. The lowest BCUT2D eigenvalue weighted by Gasteiger charge is -2.36. The van der Waals surface area contributed by atoms with Crippen LogP contribution in [0.15, 0.2) is 175 Å². The summed E-state index contributed by atoms with van der Waals surface area (Å²) in [5.74, 6) is -27.8. The van der Waals surface area contributed by atoms with Crippen molar-refractivity contribution in [3.05, 3.63) is 248 Å². The fraction of sp³-hybridized carbons (Fsp3) is 0.318. The highest BCUT2D eigenvalue weighted by atomic mass is 19.4. The van der Waals surface area contributed by atoms with Crippen molar-refractivity contribution in [2.24, 2.45) is 17.0 Å². The normalized spacial score (nSPS) is 13.3. The van der Waals surface area contributed by atoms with Gasteiger partial charge in [-0.1, -0.05) is 186 Å². The van der Waals surface area contributed by atoms with Crippen molar-refractivity contribution in [3.63, 3.8) is 0 Å². The van der Waals surface area contributed by atoms with Gasteiger partial charge in [-0.3, -0.25) is 14.4 Å². The number of carbonyl (C=O) groups excluding carboxylic acids is 3. The second kappa shape index (κ2) is 29.8. The average Bonchev–Trinajstić information content (AvgIpc) is 1.59. The molecule has 10 aromatic carbocycles. The van der Waals surface area contributed by atoms with Gasteiger partial charge in [0.15, 0.2) is 30.6 Å². The van der Waals surface area contributed by atoms with E-state index >= 15 is 35.1 Å². The minimum atomic E-state index is -6.83. The van der Waals surface area contributed by atoms with Crippen LogP contribution in [0.3, 0.4) is 0 Å². The molecule has 0 spiro atoms. The quantitative estimate of drug-likeness (QED) is 0.0164. The lowest BCUT2D eigenvalue weighted by Crippen LogP contribution is -2.65. The fourth-order valence-electron chi connectivity index (χ4n) is 15.6. The highest BCUT2D eigenvalue weighted by Gasteiger charge is 2.81. The molecule has 0 radical (unpaired) electrons. The molecule has 0 saturated heterocycles. The van der Waals surface area contributed by atoms with Crippen LogP contribution in [0.5, 0.6) is 11.5 Å². The van der Waals surface area contributed by atoms with Gasteiger partial charge in [0.2, 0.25) is 0 Å². The van der Waals surface area contributed by atoms with Crippen LogP contribution in [-0.2, 0) is 13.1 Å². The molecule has 17 heteroatoms. The molecule has 2 aromatic heterocycles. The van der Waals surface area contributed by atoms with Gasteiger partial charge in [0, 0.05) is 95.4 Å². The largest absolute Gasteiger partial charge is 0.486 e. The highest BCUT2D eigenvalue weighted by Crippen LogP contribution is 2.53. The monoisotopic (exact) mass is 1430 g/mol. The van der Waals surface area contributed by atoms with Crippen LogP contribution in [0.25, 0.3) is 65.2 Å². The van der Waals surface area contributed by atoms with Crippen LogP contribution in [-0.4, -0.2) is 74.3 Å². The number of rotatable bonds is 29. The van der Waals surface area contributed by atoms with E-state index in [1.807, 2.05) is 126 Å². The molecular formula is C88H85F8N3O6. The molecule has 0 aliphatic rings. The molecule has 1 N–H and O–H groups in total. The van der Waals surface area contributed by atoms with Gasteiger partial charge in [-0.2, -0.15) is 35.1 Å². The molecule has 0 saturated carbocycles. The third-order valence-corrected chi connectivity index (χ3v) is 21.0. The van der Waals surface area contributed by atoms with Gasteiger partial charge in [0.25, 0.3) is 0 Å². The molecule has 544 valence electrons. The third-order valence-electron chi connectivity index (χ3n) is 21.0. The van der Waals surface area contributed by atoms with Crippen molar-refractivity contribution in [1.29, 1.82) is 0 Å². The van der Waals surface area contributed by atoms with Gasteiger partial charge in [0.1, 0.15) is 17.2 Å². The van der Waals surface area contributed by atoms with E-state index in [2.05, 4.69) is 42.0 Å². The lowest BCUT2D eigenvalue weighted by atomic mass is 9.89. The Kier molecular flexibility index (Phi) is 21.1. The van der Waals surface area contributed by atoms with Gasteiger partial charge in [-0.25, -0.2) is 0 Å². The molecule has 0 fully saturated rings. The van der Waals surface area contributed by atoms with Crippen LogP contribution < -0.4 is 9.47 Å². The van der Waals surface area contributed by atoms with Crippen molar-refractivity contribution in [3.8, 4) is 11.5 Å². The molecule has 105 heavy (non-hydrogen) atoms. The molecule has 12 rings (SSSR count). The number of benzene rings is 10. The van der Waals surface area contributed by atoms with E-state index in [-0.39, 0.29) is 45.8 Å². The van der Waals surface area contributed by atoms with Crippen LogP contribution in [0.1, 0.15) is 171 Å². The second-order valence-electron chi connectivity index (χ2n) is 28.4. The number of aromatic nitrogens is 2. The Bertz CT molecular complexity index is 5370. The molecule has 2 unspecified atom stereocenters. The summed E-state index contributed by atoms with van der Waals surface area (Å²) in [4.78, 5) is 44.6. The number of ether oxygens (including phenoxy) is 2. The number of hydrogen-bond donors (Lipinski definition) is 1. The Balaban J connectivity index is 0.829. The Morgan fingerprint density at radius 3 is 1.20 bits per heavy atom. The van der Waals surface area contributed by atoms with Gasteiger partial charge >= 0.3 is 23.7 Å². The molecule has 12 aromatic rings. The van der Waals surface area contributed by atoms with Crippen molar-refractivity contribution in [2.45, 2.75) is 157 Å². The first-order chi connectivity index (χ1) is 50.1. The second-order valence-corrected chi connectivity index (χ2v) is 28.4. The summed E-state index contributed by atoms with van der Waals surface area (Å²) in [7, 11) is 0. The zero-order valence-corrected chi connectivity index (χ0v) is 60.7. The lowest BCUT2D eigenvalue weighted by molar-refractivity contribution is -0.371. The number of unbranched alkanes of at least 4 members (excludes halogenated alkanes) is 2. The van der Waals surface area contributed by atoms with E-state index in [1.165, 1.54) is 42.5 Å². The van der Waals surface area contributed by atoms with Crippen LogP contribution in [0.2, 0.25) is 0 Å². The molecular weight excluding hydrogens is 1350 g/mol. The number of oxime groups is 1. The highest BCUT2D eigenvalue weighted by molar-refractivity contribution is 6.29. The summed E-state index contributed by atoms with van der Waals surface area (Å²) in [6.45, 7) is 16.0. The zero-order chi connectivity index (χ0) is 75.2. The van der Waals surface area contributed by atoms with Crippen molar-refractivity contribution in [2.75, 3.05) is 13.2 Å². The molecule has 0 aliphatic carbocycles. The zero-order valence-electron chi connectivity index (χ0n) is 60.7. The van der Waals surface area contributed by atoms with E-state index < -0.39 is 59.7 Å². The first-order valence-corrected chi connectivity index (χ1v) is 36.0. The predicted octanol–water partition coefficient (Wildman–Crippen LogP) is 23.4. The summed E-state index contributed by atoms with van der Waals surface area (Å²) in [6.07, 6.45) is 7.58. The van der Waals surface area contributed by atoms with Crippen LogP contribution in [0, 0.1) is 53.4 Å². The summed E-state index contributed by atoms with van der Waals surface area (Å²) < 4.78 is 144. The predicted molar refractivity (Wildman–Crippen MR) is 403 cm³/mol. The van der Waals surface area contributed by atoms with Gasteiger partial charge in [-0.05, 0) is 166 Å². The first kappa shape index (κ1) is 74.6. The van der Waals surface area contributed by atoms with Crippen LogP contribution >= 0.6 is 0 Å². The summed E-state index contributed by atoms with van der Waals surface area (Å²) in [5, 5.41) is 19.9. The smallest absolute Gasteiger partial charge is 0.381 e. The molecule has 0 aliphatic heterocycles. The maximum absolute atomic E-state index is 16.2. The van der Waals surface area contributed by atoms with E-state index in [0.717, 1.165) is 140 Å². The number of aryl methyl sites for hydroxylation is 6. The number of nitrogens with zero attached hydrogens (tertiary/aromatic N) is 3. The fourth-order valence-corrected chi connectivity index (χ4v) is 15.6.